The molecule has 0 spiro atoms. The second kappa shape index (κ2) is 5.78. The first-order valence-corrected chi connectivity index (χ1v) is 9.13. The number of rotatable bonds is 4. The van der Waals surface area contributed by atoms with Crippen LogP contribution < -0.4 is 5.73 Å². The van der Waals surface area contributed by atoms with Crippen LogP contribution in [0.15, 0.2) is 17.0 Å². The number of aryl methyl sites for hydroxylation is 1. The van der Waals surface area contributed by atoms with E-state index in [1.807, 2.05) is 0 Å². The SMILES string of the molecule is CCC1(CC)CCN(S(=O)(=O)c2cc(C)c(Cl)c(N)c2)C1. The third-order valence-electron chi connectivity index (χ3n) is 4.80. The third kappa shape index (κ3) is 2.91. The third-order valence-corrected chi connectivity index (χ3v) is 7.14. The van der Waals surface area contributed by atoms with Crippen molar-refractivity contribution < 1.29 is 8.42 Å². The van der Waals surface area contributed by atoms with Crippen molar-refractivity contribution in [3.63, 3.8) is 0 Å². The van der Waals surface area contributed by atoms with Crippen LogP contribution in [0.3, 0.4) is 0 Å². The average molecular weight is 331 g/mol. The molecule has 1 aliphatic heterocycles. The summed E-state index contributed by atoms with van der Waals surface area (Å²) in [5.74, 6) is 0. The van der Waals surface area contributed by atoms with Crippen molar-refractivity contribution in [2.45, 2.75) is 44.9 Å². The van der Waals surface area contributed by atoms with Gasteiger partial charge < -0.3 is 5.73 Å². The zero-order valence-corrected chi connectivity index (χ0v) is 14.4. The van der Waals surface area contributed by atoms with Gasteiger partial charge in [0.05, 0.1) is 15.6 Å². The summed E-state index contributed by atoms with van der Waals surface area (Å²) in [5, 5.41) is 0.423. The lowest BCUT2D eigenvalue weighted by Gasteiger charge is -2.26. The number of sulfonamides is 1. The number of nitrogens with zero attached hydrogens (tertiary/aromatic N) is 1. The van der Waals surface area contributed by atoms with Crippen molar-refractivity contribution in [1.29, 1.82) is 0 Å². The van der Waals surface area contributed by atoms with Gasteiger partial charge in [-0.25, -0.2) is 8.42 Å². The Labute approximate surface area is 132 Å². The number of halogens is 1. The number of benzene rings is 1. The van der Waals surface area contributed by atoms with Crippen LogP contribution in [0.1, 0.15) is 38.7 Å². The van der Waals surface area contributed by atoms with E-state index in [9.17, 15) is 8.42 Å². The van der Waals surface area contributed by atoms with Crippen molar-refractivity contribution in [2.75, 3.05) is 18.8 Å². The minimum absolute atomic E-state index is 0.111. The van der Waals surface area contributed by atoms with Crippen LogP contribution in [0.2, 0.25) is 5.02 Å². The molecule has 2 rings (SSSR count). The fourth-order valence-electron chi connectivity index (χ4n) is 2.99. The van der Waals surface area contributed by atoms with Gasteiger partial charge >= 0.3 is 0 Å². The van der Waals surface area contributed by atoms with E-state index < -0.39 is 10.0 Å². The minimum Gasteiger partial charge on any atom is -0.397 e. The molecule has 1 saturated heterocycles. The number of hydrogen-bond acceptors (Lipinski definition) is 3. The lowest BCUT2D eigenvalue weighted by atomic mass is 9.82. The summed E-state index contributed by atoms with van der Waals surface area (Å²) in [6.45, 7) is 7.19. The summed E-state index contributed by atoms with van der Waals surface area (Å²) in [7, 11) is -3.50. The second-order valence-corrected chi connectivity index (χ2v) is 8.25. The normalized spacial score (nSPS) is 19.0. The van der Waals surface area contributed by atoms with Gasteiger partial charge in [0.25, 0.3) is 0 Å². The highest BCUT2D eigenvalue weighted by molar-refractivity contribution is 7.89. The predicted molar refractivity (Wildman–Crippen MR) is 87.0 cm³/mol. The Balaban J connectivity index is 2.36. The number of nitrogen functional groups attached to an aromatic ring is 1. The molecule has 0 saturated carbocycles. The maximum atomic E-state index is 12.8. The van der Waals surface area contributed by atoms with Gasteiger partial charge in [-0.2, -0.15) is 4.31 Å². The topological polar surface area (TPSA) is 63.4 Å². The predicted octanol–water partition coefficient (Wildman–Crippen LogP) is 3.43. The Hall–Kier alpha value is -0.780. The summed E-state index contributed by atoms with van der Waals surface area (Å²) >= 11 is 6.02. The highest BCUT2D eigenvalue weighted by Crippen LogP contribution is 2.39. The van der Waals surface area contributed by atoms with E-state index >= 15 is 0 Å². The summed E-state index contributed by atoms with van der Waals surface area (Å²) in [6, 6.07) is 3.06. The smallest absolute Gasteiger partial charge is 0.243 e. The van der Waals surface area contributed by atoms with Crippen LogP contribution >= 0.6 is 11.6 Å². The molecular formula is C15H23ClN2O2S. The summed E-state index contributed by atoms with van der Waals surface area (Å²) in [5.41, 5.74) is 6.92. The minimum atomic E-state index is -3.50. The molecule has 1 heterocycles. The first kappa shape index (κ1) is 16.6. The number of anilines is 1. The van der Waals surface area contributed by atoms with Gasteiger partial charge in [-0.3, -0.25) is 0 Å². The summed E-state index contributed by atoms with van der Waals surface area (Å²) in [6.07, 6.45) is 2.91. The standard InChI is InChI=1S/C15H23ClN2O2S/c1-4-15(5-2)6-7-18(10-15)21(19,20)12-8-11(3)14(16)13(17)9-12/h8-9H,4-7,10,17H2,1-3H3. The van der Waals surface area contributed by atoms with Crippen molar-refractivity contribution in [3.05, 3.63) is 22.7 Å². The van der Waals surface area contributed by atoms with Crippen LogP contribution in [0, 0.1) is 12.3 Å². The van der Waals surface area contributed by atoms with E-state index in [-0.39, 0.29) is 10.3 Å². The summed E-state index contributed by atoms with van der Waals surface area (Å²) < 4.78 is 27.2. The Morgan fingerprint density at radius 2 is 1.95 bits per heavy atom. The molecule has 1 aliphatic rings. The van der Waals surface area contributed by atoms with Crippen LogP contribution in [-0.4, -0.2) is 25.8 Å². The number of hydrogen-bond donors (Lipinski definition) is 1. The second-order valence-electron chi connectivity index (χ2n) is 5.94. The molecule has 2 N–H and O–H groups in total. The molecular weight excluding hydrogens is 308 g/mol. The van der Waals surface area contributed by atoms with Gasteiger partial charge in [0.1, 0.15) is 0 Å². The van der Waals surface area contributed by atoms with Crippen LogP contribution in [0.5, 0.6) is 0 Å². The monoisotopic (exact) mass is 330 g/mol. The molecule has 0 radical (unpaired) electrons. The molecule has 21 heavy (non-hydrogen) atoms. The van der Waals surface area contributed by atoms with Gasteiger partial charge in [-0.1, -0.05) is 25.4 Å². The van der Waals surface area contributed by atoms with Gasteiger partial charge in [0.15, 0.2) is 0 Å². The Morgan fingerprint density at radius 1 is 1.33 bits per heavy atom. The van der Waals surface area contributed by atoms with Crippen LogP contribution in [0.25, 0.3) is 0 Å². The largest absolute Gasteiger partial charge is 0.397 e. The first-order valence-electron chi connectivity index (χ1n) is 7.31. The summed E-state index contributed by atoms with van der Waals surface area (Å²) in [4.78, 5) is 0.241. The molecule has 1 aromatic rings. The van der Waals surface area contributed by atoms with Gasteiger partial charge in [-0.15, -0.1) is 0 Å². The molecule has 0 atom stereocenters. The van der Waals surface area contributed by atoms with Crippen molar-refractivity contribution >= 4 is 27.3 Å². The van der Waals surface area contributed by atoms with Gasteiger partial charge in [0.2, 0.25) is 10.0 Å². The zero-order valence-electron chi connectivity index (χ0n) is 12.8. The highest BCUT2D eigenvalue weighted by atomic mass is 35.5. The van der Waals surface area contributed by atoms with Crippen molar-refractivity contribution in [2.24, 2.45) is 5.41 Å². The number of nitrogens with two attached hydrogens (primary N) is 1. The molecule has 118 valence electrons. The van der Waals surface area contributed by atoms with Gasteiger partial charge in [0, 0.05) is 13.1 Å². The molecule has 4 nitrogen and oxygen atoms in total. The Bertz CT molecular complexity index is 616. The molecule has 1 fully saturated rings. The lowest BCUT2D eigenvalue weighted by molar-refractivity contribution is 0.279. The highest BCUT2D eigenvalue weighted by Gasteiger charge is 2.40. The maximum absolute atomic E-state index is 12.8. The Kier molecular flexibility index (Phi) is 4.57. The molecule has 0 unspecified atom stereocenters. The fraction of sp³-hybridized carbons (Fsp3) is 0.600. The van der Waals surface area contributed by atoms with Gasteiger partial charge in [-0.05, 0) is 49.3 Å². The molecule has 0 aromatic heterocycles. The quantitative estimate of drug-likeness (QED) is 0.860. The average Bonchev–Trinajstić information content (AvgIpc) is 2.90. The molecule has 0 bridgehead atoms. The maximum Gasteiger partial charge on any atom is 0.243 e. The zero-order chi connectivity index (χ0) is 15.8. The first-order chi connectivity index (χ1) is 9.75. The van der Waals surface area contributed by atoms with Crippen LogP contribution in [-0.2, 0) is 10.0 Å². The van der Waals surface area contributed by atoms with E-state index in [1.165, 1.54) is 6.07 Å². The van der Waals surface area contributed by atoms with Crippen LogP contribution in [0.4, 0.5) is 5.69 Å². The fourth-order valence-corrected chi connectivity index (χ4v) is 4.77. The molecule has 1 aromatic carbocycles. The van der Waals surface area contributed by atoms with Crippen molar-refractivity contribution in [3.8, 4) is 0 Å². The van der Waals surface area contributed by atoms with E-state index in [2.05, 4.69) is 13.8 Å². The Morgan fingerprint density at radius 3 is 2.43 bits per heavy atom. The van der Waals surface area contributed by atoms with E-state index in [0.717, 1.165) is 19.3 Å². The van der Waals surface area contributed by atoms with E-state index in [0.29, 0.717) is 29.4 Å². The lowest BCUT2D eigenvalue weighted by Crippen LogP contribution is -2.32. The van der Waals surface area contributed by atoms with Crippen molar-refractivity contribution in [1.82, 2.24) is 4.31 Å². The van der Waals surface area contributed by atoms with E-state index in [4.69, 9.17) is 17.3 Å². The molecule has 6 heteroatoms. The molecule has 0 aliphatic carbocycles. The molecule has 0 amide bonds. The van der Waals surface area contributed by atoms with E-state index in [1.54, 1.807) is 17.3 Å².